The van der Waals surface area contributed by atoms with E-state index < -0.39 is 18.0 Å². The molecule has 4 aromatic rings. The molecule has 10 nitrogen and oxygen atoms in total. The summed E-state index contributed by atoms with van der Waals surface area (Å²) in [5.41, 5.74) is 1.35. The first-order chi connectivity index (χ1) is 20.5. The van der Waals surface area contributed by atoms with Gasteiger partial charge < -0.3 is 20.3 Å². The minimum absolute atomic E-state index is 0.0506. The van der Waals surface area contributed by atoms with Gasteiger partial charge in [-0.15, -0.1) is 33.6 Å². The Hall–Kier alpha value is -4.30. The number of amides is 2. The molecular weight excluding hydrogens is 607 g/mol. The lowest BCUT2D eigenvalue weighted by Gasteiger charge is -2.38. The third-order valence-electron chi connectivity index (χ3n) is 6.70. The number of anilines is 3. The molecule has 15 heteroatoms. The van der Waals surface area contributed by atoms with Gasteiger partial charge in [0, 0.05) is 31.0 Å². The van der Waals surface area contributed by atoms with E-state index in [2.05, 4.69) is 40.7 Å². The maximum absolute atomic E-state index is 12.5. The van der Waals surface area contributed by atoms with Crippen molar-refractivity contribution < 1.29 is 27.5 Å². The highest BCUT2D eigenvalue weighted by molar-refractivity contribution is 7.15. The second kappa shape index (κ2) is 12.9. The molecule has 3 heterocycles. The van der Waals surface area contributed by atoms with Gasteiger partial charge in [0.05, 0.1) is 6.42 Å². The van der Waals surface area contributed by atoms with Gasteiger partial charge in [-0.3, -0.25) is 9.59 Å². The molecule has 2 aromatic carbocycles. The second-order valence-corrected chi connectivity index (χ2v) is 11.2. The normalized spacial score (nSPS) is 16.9. The number of nitrogens with one attached hydrogen (secondary N) is 2. The number of carbonyl (C=O) groups excluding carboxylic acids is 2. The van der Waals surface area contributed by atoms with Crippen LogP contribution in [0.25, 0.3) is 0 Å². The lowest BCUT2D eigenvalue weighted by Crippen LogP contribution is -2.39. The summed E-state index contributed by atoms with van der Waals surface area (Å²) in [5, 5.41) is 24.1. The zero-order chi connectivity index (χ0) is 30.6. The highest BCUT2D eigenvalue weighted by Gasteiger charge is 2.36. The number of halogens is 4. The van der Waals surface area contributed by atoms with Crippen molar-refractivity contribution in [1.82, 2.24) is 20.4 Å². The Bertz CT molecular complexity index is 1600. The number of benzene rings is 2. The summed E-state index contributed by atoms with van der Waals surface area (Å²) >= 11 is 7.88. The molecule has 1 aliphatic heterocycles. The van der Waals surface area contributed by atoms with Crippen molar-refractivity contribution >= 4 is 51.5 Å². The summed E-state index contributed by atoms with van der Waals surface area (Å²) in [7, 11) is 0. The number of alkyl halides is 3. The minimum atomic E-state index is -4.82. The molecule has 0 spiro atoms. The third kappa shape index (κ3) is 7.96. The smallest absolute Gasteiger partial charge is 0.406 e. The molecule has 2 atom stereocenters. The largest absolute Gasteiger partial charge is 0.573 e. The highest BCUT2D eigenvalue weighted by atomic mass is 35.5. The van der Waals surface area contributed by atoms with Crippen LogP contribution in [0.5, 0.6) is 5.75 Å². The first-order valence-electron chi connectivity index (χ1n) is 13.1. The molecule has 5 rings (SSSR count). The van der Waals surface area contributed by atoms with Gasteiger partial charge in [0.25, 0.3) is 0 Å². The second-order valence-electron chi connectivity index (χ2n) is 9.79. The molecule has 0 bridgehead atoms. The number of ether oxygens (including phenoxy) is 1. The first kappa shape index (κ1) is 30.2. The molecule has 0 aliphatic carbocycles. The van der Waals surface area contributed by atoms with Gasteiger partial charge in [-0.1, -0.05) is 53.3 Å². The number of rotatable bonds is 8. The predicted octanol–water partition coefficient (Wildman–Crippen LogP) is 5.80. The standard InChI is InChI=1S/C28H25ClF3N7O3S/c1-16(40)33-27-38-37-26(43-27)21-15-39(12-11-19(21)20-7-2-3-8-22(20)29)24-10-9-23(35-36-24)34-25(41)14-17-5-4-6-18(13-17)42-28(30,31)32/h2-10,13,19,21H,11-12,14-15H2,1H3,(H,33,38,40)(H,34,35,41). The Balaban J connectivity index is 1.27. The van der Waals surface area contributed by atoms with E-state index in [1.807, 2.05) is 24.3 Å². The molecule has 2 unspecified atom stereocenters. The van der Waals surface area contributed by atoms with Crippen molar-refractivity contribution in [3.05, 3.63) is 81.8 Å². The summed E-state index contributed by atoms with van der Waals surface area (Å²) < 4.78 is 41.4. The lowest BCUT2D eigenvalue weighted by atomic mass is 9.80. The summed E-state index contributed by atoms with van der Waals surface area (Å²) in [6.07, 6.45) is -4.27. The number of nitrogens with zero attached hydrogens (tertiary/aromatic N) is 5. The number of aromatic nitrogens is 4. The molecule has 224 valence electrons. The zero-order valence-corrected chi connectivity index (χ0v) is 24.2. The van der Waals surface area contributed by atoms with E-state index in [9.17, 15) is 22.8 Å². The van der Waals surface area contributed by atoms with Crippen LogP contribution in [0.4, 0.5) is 29.9 Å². The van der Waals surface area contributed by atoms with Crippen LogP contribution in [-0.2, 0) is 16.0 Å². The average molecular weight is 632 g/mol. The number of piperidine rings is 1. The monoisotopic (exact) mass is 631 g/mol. The molecule has 2 amide bonds. The fourth-order valence-corrected chi connectivity index (χ4v) is 6.15. The van der Waals surface area contributed by atoms with Gasteiger partial charge in [0.1, 0.15) is 10.8 Å². The van der Waals surface area contributed by atoms with Gasteiger partial charge in [0.2, 0.25) is 16.9 Å². The summed E-state index contributed by atoms with van der Waals surface area (Å²) in [6, 6.07) is 16.2. The van der Waals surface area contributed by atoms with Crippen molar-refractivity contribution in [2.45, 2.75) is 38.0 Å². The van der Waals surface area contributed by atoms with Crippen molar-refractivity contribution in [2.75, 3.05) is 28.6 Å². The molecule has 2 N–H and O–H groups in total. The first-order valence-corrected chi connectivity index (χ1v) is 14.3. The van der Waals surface area contributed by atoms with Crippen molar-refractivity contribution in [3.8, 4) is 5.75 Å². The number of hydrogen-bond donors (Lipinski definition) is 2. The zero-order valence-electron chi connectivity index (χ0n) is 22.6. The van der Waals surface area contributed by atoms with Crippen LogP contribution in [0.2, 0.25) is 5.02 Å². The van der Waals surface area contributed by atoms with Crippen molar-refractivity contribution in [3.63, 3.8) is 0 Å². The maximum atomic E-state index is 12.5. The van der Waals surface area contributed by atoms with Crippen molar-refractivity contribution in [2.24, 2.45) is 0 Å². The van der Waals surface area contributed by atoms with Crippen LogP contribution in [0.1, 0.15) is 41.3 Å². The SMILES string of the molecule is CC(=O)Nc1nnc(C2CN(c3ccc(NC(=O)Cc4cccc(OC(F)(F)F)c4)nn3)CCC2c2ccccc2Cl)s1. The number of carbonyl (C=O) groups is 2. The molecule has 1 saturated heterocycles. The molecule has 0 saturated carbocycles. The van der Waals surface area contributed by atoms with Gasteiger partial charge >= 0.3 is 6.36 Å². The molecule has 0 radical (unpaired) electrons. The molecule has 1 aliphatic rings. The molecular formula is C28H25ClF3N7O3S. The van der Waals surface area contributed by atoms with Crippen LogP contribution in [0.15, 0.2) is 60.7 Å². The fourth-order valence-electron chi connectivity index (χ4n) is 4.93. The fraction of sp³-hybridized carbons (Fsp3) is 0.286. The summed E-state index contributed by atoms with van der Waals surface area (Å²) in [5.74, 6) is -0.382. The molecule has 1 fully saturated rings. The van der Waals surface area contributed by atoms with Gasteiger partial charge in [-0.25, -0.2) is 0 Å². The average Bonchev–Trinajstić information content (AvgIpc) is 3.40. The Labute approximate surface area is 253 Å². The van der Waals surface area contributed by atoms with Crippen LogP contribution < -0.4 is 20.3 Å². The maximum Gasteiger partial charge on any atom is 0.573 e. The Kier molecular flexibility index (Phi) is 9.06. The van der Waals surface area contributed by atoms with Crippen molar-refractivity contribution in [1.29, 1.82) is 0 Å². The minimum Gasteiger partial charge on any atom is -0.406 e. The quantitative estimate of drug-likeness (QED) is 0.250. The Morgan fingerprint density at radius 2 is 1.84 bits per heavy atom. The van der Waals surface area contributed by atoms with E-state index in [0.717, 1.165) is 29.1 Å². The van der Waals surface area contributed by atoms with Crippen LogP contribution in [0.3, 0.4) is 0 Å². The van der Waals surface area contributed by atoms with Crippen LogP contribution in [-0.4, -0.2) is 51.7 Å². The van der Waals surface area contributed by atoms with E-state index in [1.54, 1.807) is 12.1 Å². The summed E-state index contributed by atoms with van der Waals surface area (Å²) in [4.78, 5) is 26.1. The molecule has 43 heavy (non-hydrogen) atoms. The Morgan fingerprint density at radius 1 is 1.02 bits per heavy atom. The van der Waals surface area contributed by atoms with E-state index in [1.165, 1.54) is 30.4 Å². The van der Waals surface area contributed by atoms with Gasteiger partial charge in [0.15, 0.2) is 11.6 Å². The van der Waals surface area contributed by atoms with Gasteiger partial charge in [-0.2, -0.15) is 0 Å². The van der Waals surface area contributed by atoms with E-state index >= 15 is 0 Å². The van der Waals surface area contributed by atoms with E-state index in [0.29, 0.717) is 34.6 Å². The van der Waals surface area contributed by atoms with Crippen LogP contribution >= 0.6 is 22.9 Å². The van der Waals surface area contributed by atoms with E-state index in [4.69, 9.17) is 11.6 Å². The third-order valence-corrected chi connectivity index (χ3v) is 8.01. The molecule has 2 aromatic heterocycles. The highest BCUT2D eigenvalue weighted by Crippen LogP contribution is 2.44. The lowest BCUT2D eigenvalue weighted by molar-refractivity contribution is -0.274. The van der Waals surface area contributed by atoms with Gasteiger partial charge in [-0.05, 0) is 53.8 Å². The predicted molar refractivity (Wildman–Crippen MR) is 155 cm³/mol. The van der Waals surface area contributed by atoms with E-state index in [-0.39, 0.29) is 30.0 Å². The Morgan fingerprint density at radius 3 is 2.56 bits per heavy atom. The van der Waals surface area contributed by atoms with Crippen LogP contribution in [0, 0.1) is 0 Å². The number of hydrogen-bond acceptors (Lipinski definition) is 9. The summed E-state index contributed by atoms with van der Waals surface area (Å²) in [6.45, 7) is 2.59. The topological polar surface area (TPSA) is 122 Å².